The van der Waals surface area contributed by atoms with E-state index in [1.54, 1.807) is 24.3 Å². The van der Waals surface area contributed by atoms with Gasteiger partial charge in [0.2, 0.25) is 0 Å². The summed E-state index contributed by atoms with van der Waals surface area (Å²) in [5.41, 5.74) is 1.84. The number of hydrogen-bond acceptors (Lipinski definition) is 3. The lowest BCUT2D eigenvalue weighted by Crippen LogP contribution is -2.19. The number of hydrogen-bond donors (Lipinski definition) is 2. The molecule has 0 saturated heterocycles. The fraction of sp³-hybridized carbons (Fsp3) is 0.0333. The van der Waals surface area contributed by atoms with Crippen molar-refractivity contribution in [2.45, 2.75) is 6.18 Å². The summed E-state index contributed by atoms with van der Waals surface area (Å²) in [7, 11) is 0. The van der Waals surface area contributed by atoms with Gasteiger partial charge in [-0.25, -0.2) is 0 Å². The van der Waals surface area contributed by atoms with Crippen molar-refractivity contribution in [3.8, 4) is 0 Å². The summed E-state index contributed by atoms with van der Waals surface area (Å²) in [5.74, 6) is 0. The van der Waals surface area contributed by atoms with Crippen molar-refractivity contribution >= 4 is 72.4 Å². The summed E-state index contributed by atoms with van der Waals surface area (Å²) in [5, 5.41) is 22.2. The summed E-state index contributed by atoms with van der Waals surface area (Å²) in [6.07, 6.45) is -4.38. The van der Waals surface area contributed by atoms with E-state index in [0.717, 1.165) is 28.9 Å². The molecule has 6 rings (SSSR count). The van der Waals surface area contributed by atoms with Gasteiger partial charge in [0.15, 0.2) is 5.11 Å². The summed E-state index contributed by atoms with van der Waals surface area (Å²) in [6, 6.07) is 30.6. The molecule has 0 fully saturated rings. The quantitative estimate of drug-likeness (QED) is 0.137. The van der Waals surface area contributed by atoms with E-state index in [0.29, 0.717) is 16.5 Å². The Kier molecular flexibility index (Phi) is 5.88. The molecule has 2 N–H and O–H groups in total. The van der Waals surface area contributed by atoms with Crippen LogP contribution >= 0.6 is 12.2 Å². The first-order valence-electron chi connectivity index (χ1n) is 11.8. The standard InChI is InChI=1S/C30H19F3N4S/c31-30(32,33)21-8-10-23(11-9-21)36-37-24-14-12-22(13-15-24)34-29(38)35-26-17-7-20-5-4-18-2-1-3-19-6-16-25(26)28(20)27(18)19/h1-17H,(H2,34,35,38). The molecule has 0 saturated carbocycles. The number of nitrogens with one attached hydrogen (secondary N) is 2. The normalized spacial score (nSPS) is 12.1. The van der Waals surface area contributed by atoms with E-state index in [1.807, 2.05) is 6.07 Å². The van der Waals surface area contributed by atoms with Crippen molar-refractivity contribution in [3.05, 3.63) is 109 Å². The lowest BCUT2D eigenvalue weighted by atomic mass is 9.93. The van der Waals surface area contributed by atoms with Crippen molar-refractivity contribution in [1.29, 1.82) is 0 Å². The molecule has 0 heterocycles. The second-order valence-electron chi connectivity index (χ2n) is 8.84. The van der Waals surface area contributed by atoms with Gasteiger partial charge in [-0.15, -0.1) is 0 Å². The average molecular weight is 525 g/mol. The van der Waals surface area contributed by atoms with Crippen LogP contribution in [-0.4, -0.2) is 5.11 Å². The van der Waals surface area contributed by atoms with Gasteiger partial charge in [0.1, 0.15) is 0 Å². The smallest absolute Gasteiger partial charge is 0.332 e. The molecule has 8 heteroatoms. The molecule has 186 valence electrons. The maximum Gasteiger partial charge on any atom is 0.416 e. The van der Waals surface area contributed by atoms with Gasteiger partial charge in [-0.2, -0.15) is 23.4 Å². The van der Waals surface area contributed by atoms with Gasteiger partial charge in [-0.1, -0.05) is 48.5 Å². The molecule has 0 amide bonds. The van der Waals surface area contributed by atoms with Crippen LogP contribution in [0.3, 0.4) is 0 Å². The Morgan fingerprint density at radius 3 is 1.79 bits per heavy atom. The molecule has 0 aromatic heterocycles. The maximum atomic E-state index is 12.7. The van der Waals surface area contributed by atoms with Gasteiger partial charge in [0, 0.05) is 16.8 Å². The fourth-order valence-corrected chi connectivity index (χ4v) is 4.80. The topological polar surface area (TPSA) is 48.8 Å². The molecule has 0 bridgehead atoms. The zero-order valence-corrected chi connectivity index (χ0v) is 20.6. The first kappa shape index (κ1) is 23.8. The van der Waals surface area contributed by atoms with Crippen LogP contribution in [-0.2, 0) is 6.18 Å². The Hall–Kier alpha value is -4.56. The number of benzene rings is 6. The zero-order valence-electron chi connectivity index (χ0n) is 19.8. The molecular formula is C30H19F3N4S. The minimum absolute atomic E-state index is 0.332. The van der Waals surface area contributed by atoms with Crippen LogP contribution in [0.5, 0.6) is 0 Å². The van der Waals surface area contributed by atoms with Gasteiger partial charge >= 0.3 is 6.18 Å². The number of rotatable bonds is 4. The third-order valence-corrected chi connectivity index (χ3v) is 6.58. The van der Waals surface area contributed by atoms with Crippen LogP contribution in [0.4, 0.5) is 35.9 Å². The molecular weight excluding hydrogens is 505 g/mol. The number of azo groups is 1. The minimum atomic E-state index is -4.38. The second kappa shape index (κ2) is 9.39. The van der Waals surface area contributed by atoms with E-state index in [2.05, 4.69) is 69.4 Å². The molecule has 0 aliphatic rings. The van der Waals surface area contributed by atoms with Crippen LogP contribution in [0.25, 0.3) is 32.3 Å². The van der Waals surface area contributed by atoms with Gasteiger partial charge < -0.3 is 10.6 Å². The van der Waals surface area contributed by atoms with Gasteiger partial charge in [-0.05, 0) is 93.7 Å². The number of anilines is 2. The molecule has 6 aromatic rings. The van der Waals surface area contributed by atoms with Gasteiger partial charge in [0.25, 0.3) is 0 Å². The Balaban J connectivity index is 1.16. The predicted molar refractivity (Wildman–Crippen MR) is 152 cm³/mol. The molecule has 4 nitrogen and oxygen atoms in total. The van der Waals surface area contributed by atoms with Crippen molar-refractivity contribution in [2.24, 2.45) is 10.2 Å². The highest BCUT2D eigenvalue weighted by atomic mass is 32.1. The first-order valence-corrected chi connectivity index (χ1v) is 12.2. The highest BCUT2D eigenvalue weighted by molar-refractivity contribution is 7.80. The Morgan fingerprint density at radius 2 is 1.16 bits per heavy atom. The molecule has 0 aliphatic heterocycles. The van der Waals surface area contributed by atoms with E-state index >= 15 is 0 Å². The number of thiocarbonyl (C=S) groups is 1. The Labute approximate surface area is 221 Å². The SMILES string of the molecule is FC(F)(F)c1ccc(N=Nc2ccc(NC(=S)Nc3ccc4ccc5cccc6ccc3c4c56)cc2)cc1. The van der Waals surface area contributed by atoms with Crippen LogP contribution in [0.2, 0.25) is 0 Å². The first-order chi connectivity index (χ1) is 18.3. The highest BCUT2D eigenvalue weighted by Crippen LogP contribution is 2.37. The molecule has 0 aliphatic carbocycles. The van der Waals surface area contributed by atoms with Gasteiger partial charge in [0.05, 0.1) is 16.9 Å². The number of alkyl halides is 3. The summed E-state index contributed by atoms with van der Waals surface area (Å²) in [4.78, 5) is 0. The van der Waals surface area contributed by atoms with Crippen LogP contribution < -0.4 is 10.6 Å². The van der Waals surface area contributed by atoms with E-state index in [9.17, 15) is 13.2 Å². The Bertz CT molecular complexity index is 1800. The minimum Gasteiger partial charge on any atom is -0.332 e. The predicted octanol–water partition coefficient (Wildman–Crippen LogP) is 9.83. The summed E-state index contributed by atoms with van der Waals surface area (Å²) >= 11 is 5.58. The van der Waals surface area contributed by atoms with E-state index in [1.165, 1.54) is 39.1 Å². The lowest BCUT2D eigenvalue weighted by molar-refractivity contribution is -0.137. The molecule has 0 unspecified atom stereocenters. The number of halogens is 3. The fourth-order valence-electron chi connectivity index (χ4n) is 4.57. The maximum absolute atomic E-state index is 12.7. The van der Waals surface area contributed by atoms with Gasteiger partial charge in [-0.3, -0.25) is 0 Å². The molecule has 0 radical (unpaired) electrons. The molecule has 38 heavy (non-hydrogen) atoms. The van der Waals surface area contributed by atoms with E-state index in [4.69, 9.17) is 12.2 Å². The van der Waals surface area contributed by atoms with Crippen molar-refractivity contribution in [1.82, 2.24) is 0 Å². The third kappa shape index (κ3) is 4.62. The molecule has 0 spiro atoms. The highest BCUT2D eigenvalue weighted by Gasteiger charge is 2.29. The molecule has 6 aromatic carbocycles. The Morgan fingerprint density at radius 1 is 0.605 bits per heavy atom. The monoisotopic (exact) mass is 524 g/mol. The van der Waals surface area contributed by atoms with Crippen LogP contribution in [0, 0.1) is 0 Å². The molecule has 0 atom stereocenters. The van der Waals surface area contributed by atoms with Crippen molar-refractivity contribution in [2.75, 3.05) is 10.6 Å². The average Bonchev–Trinajstić information content (AvgIpc) is 2.92. The summed E-state index contributed by atoms with van der Waals surface area (Å²) < 4.78 is 38.1. The number of nitrogens with zero attached hydrogens (tertiary/aromatic N) is 2. The van der Waals surface area contributed by atoms with Crippen molar-refractivity contribution in [3.63, 3.8) is 0 Å². The summed E-state index contributed by atoms with van der Waals surface area (Å²) in [6.45, 7) is 0. The largest absolute Gasteiger partial charge is 0.416 e. The lowest BCUT2D eigenvalue weighted by Gasteiger charge is -2.16. The zero-order chi connectivity index (χ0) is 26.3. The second-order valence-corrected chi connectivity index (χ2v) is 9.25. The van der Waals surface area contributed by atoms with Crippen LogP contribution in [0.1, 0.15) is 5.56 Å². The van der Waals surface area contributed by atoms with Crippen molar-refractivity contribution < 1.29 is 13.2 Å². The van der Waals surface area contributed by atoms with Crippen LogP contribution in [0.15, 0.2) is 113 Å². The van der Waals surface area contributed by atoms with E-state index < -0.39 is 11.7 Å². The van der Waals surface area contributed by atoms with E-state index in [-0.39, 0.29) is 0 Å². The third-order valence-electron chi connectivity index (χ3n) is 6.38.